The van der Waals surface area contributed by atoms with Gasteiger partial charge in [0, 0.05) is 25.1 Å². The molecular weight excluding hydrogens is 245 g/mol. The molecule has 1 aromatic rings. The average Bonchev–Trinajstić information content (AvgIpc) is 2.70. The maximum Gasteiger partial charge on any atom is 0.417 e. The van der Waals surface area contributed by atoms with Crippen LogP contribution in [-0.2, 0) is 11.0 Å². The Hall–Kier alpha value is -1.85. The molecule has 1 unspecified atom stereocenters. The highest BCUT2D eigenvalue weighted by Crippen LogP contribution is 2.32. The van der Waals surface area contributed by atoms with E-state index in [-0.39, 0.29) is 23.9 Å². The van der Waals surface area contributed by atoms with Crippen LogP contribution in [-0.4, -0.2) is 17.4 Å². The van der Waals surface area contributed by atoms with Crippen LogP contribution in [0.3, 0.4) is 0 Å². The van der Waals surface area contributed by atoms with E-state index >= 15 is 0 Å². The van der Waals surface area contributed by atoms with E-state index in [1.165, 1.54) is 11.1 Å². The van der Waals surface area contributed by atoms with Crippen molar-refractivity contribution < 1.29 is 18.0 Å². The Kier molecular flexibility index (Phi) is 3.11. The second-order valence-electron chi connectivity index (χ2n) is 4.13. The van der Waals surface area contributed by atoms with Crippen molar-refractivity contribution in [3.8, 4) is 0 Å². The Labute approximate surface area is 102 Å². The zero-order valence-electron chi connectivity index (χ0n) is 9.44. The molecule has 0 bridgehead atoms. The predicted octanol–water partition coefficient (Wildman–Crippen LogP) is 2.64. The van der Waals surface area contributed by atoms with Gasteiger partial charge in [-0.1, -0.05) is 6.08 Å². The molecule has 0 aromatic carbocycles. The number of rotatable bonds is 2. The van der Waals surface area contributed by atoms with Gasteiger partial charge in [-0.25, -0.2) is 0 Å². The van der Waals surface area contributed by atoms with Crippen LogP contribution in [0.2, 0.25) is 0 Å². The highest BCUT2D eigenvalue weighted by atomic mass is 19.4. The van der Waals surface area contributed by atoms with E-state index in [1.807, 2.05) is 0 Å². The first kappa shape index (κ1) is 12.6. The number of carbonyl (C=O) groups excluding carboxylic acids is 1. The second-order valence-corrected chi connectivity index (χ2v) is 4.13. The van der Waals surface area contributed by atoms with Crippen LogP contribution >= 0.6 is 0 Å². The van der Waals surface area contributed by atoms with E-state index in [4.69, 9.17) is 0 Å². The molecule has 1 aliphatic rings. The number of hydrogen-bond donors (Lipinski definition) is 0. The van der Waals surface area contributed by atoms with Crippen molar-refractivity contribution in [1.82, 2.24) is 4.98 Å². The summed E-state index contributed by atoms with van der Waals surface area (Å²) in [6.07, 6.45) is -0.532. The highest BCUT2D eigenvalue weighted by molar-refractivity contribution is 5.95. The molecule has 1 atom stereocenters. The number of pyridine rings is 1. The van der Waals surface area contributed by atoms with Gasteiger partial charge in [0.15, 0.2) is 0 Å². The second kappa shape index (κ2) is 4.44. The average molecular weight is 256 g/mol. The van der Waals surface area contributed by atoms with Gasteiger partial charge in [-0.2, -0.15) is 13.2 Å². The summed E-state index contributed by atoms with van der Waals surface area (Å²) in [4.78, 5) is 16.5. The maximum absolute atomic E-state index is 12.5. The van der Waals surface area contributed by atoms with Gasteiger partial charge in [-0.15, -0.1) is 6.58 Å². The first-order valence-electron chi connectivity index (χ1n) is 5.37. The van der Waals surface area contributed by atoms with E-state index in [2.05, 4.69) is 11.6 Å². The number of hydrogen-bond acceptors (Lipinski definition) is 2. The standard InChI is InChI=1S/C12H11F3N2O/c1-2-8-3-11(18)17(7-8)10-4-9(5-16-6-10)12(13,14)15/h2,4-6,8H,1,3,7H2. The molecule has 1 aliphatic heterocycles. The Balaban J connectivity index is 2.29. The molecule has 0 saturated carbocycles. The van der Waals surface area contributed by atoms with Crippen LogP contribution in [0.15, 0.2) is 31.1 Å². The van der Waals surface area contributed by atoms with Gasteiger partial charge < -0.3 is 4.90 Å². The topological polar surface area (TPSA) is 33.2 Å². The highest BCUT2D eigenvalue weighted by Gasteiger charge is 2.33. The minimum Gasteiger partial charge on any atom is -0.310 e. The number of halogens is 3. The van der Waals surface area contributed by atoms with Crippen LogP contribution in [0.5, 0.6) is 0 Å². The van der Waals surface area contributed by atoms with Crippen LogP contribution in [0.1, 0.15) is 12.0 Å². The van der Waals surface area contributed by atoms with Crippen LogP contribution in [0, 0.1) is 5.92 Å². The Morgan fingerprint density at radius 3 is 2.72 bits per heavy atom. The lowest BCUT2D eigenvalue weighted by molar-refractivity contribution is -0.137. The molecule has 1 fully saturated rings. The first-order valence-corrected chi connectivity index (χ1v) is 5.37. The van der Waals surface area contributed by atoms with Crippen molar-refractivity contribution in [2.75, 3.05) is 11.4 Å². The third kappa shape index (κ3) is 2.37. The number of anilines is 1. The minimum absolute atomic E-state index is 0.0213. The van der Waals surface area contributed by atoms with Crippen LogP contribution in [0.4, 0.5) is 18.9 Å². The summed E-state index contributed by atoms with van der Waals surface area (Å²) in [7, 11) is 0. The summed E-state index contributed by atoms with van der Waals surface area (Å²) >= 11 is 0. The molecule has 0 radical (unpaired) electrons. The lowest BCUT2D eigenvalue weighted by Gasteiger charge is -2.17. The lowest BCUT2D eigenvalue weighted by atomic mass is 10.1. The number of alkyl halides is 3. The first-order chi connectivity index (χ1) is 8.41. The summed E-state index contributed by atoms with van der Waals surface area (Å²) in [5.41, 5.74) is -0.672. The van der Waals surface area contributed by atoms with Crippen molar-refractivity contribution in [1.29, 1.82) is 0 Å². The van der Waals surface area contributed by atoms with Crippen molar-refractivity contribution in [3.05, 3.63) is 36.7 Å². The Morgan fingerprint density at radius 2 is 2.17 bits per heavy atom. The quantitative estimate of drug-likeness (QED) is 0.762. The fourth-order valence-corrected chi connectivity index (χ4v) is 1.87. The van der Waals surface area contributed by atoms with Crippen molar-refractivity contribution in [2.24, 2.45) is 5.92 Å². The molecule has 3 nitrogen and oxygen atoms in total. The zero-order chi connectivity index (χ0) is 13.3. The van der Waals surface area contributed by atoms with Crippen molar-refractivity contribution >= 4 is 11.6 Å². The van der Waals surface area contributed by atoms with E-state index in [0.717, 1.165) is 12.3 Å². The summed E-state index contributed by atoms with van der Waals surface area (Å²) in [6.45, 7) is 3.94. The van der Waals surface area contributed by atoms with Gasteiger partial charge in [0.05, 0.1) is 17.4 Å². The molecule has 6 heteroatoms. The van der Waals surface area contributed by atoms with Gasteiger partial charge in [0.1, 0.15) is 0 Å². The normalized spacial score (nSPS) is 20.3. The smallest absolute Gasteiger partial charge is 0.310 e. The van der Waals surface area contributed by atoms with Gasteiger partial charge in [-0.05, 0) is 6.07 Å². The largest absolute Gasteiger partial charge is 0.417 e. The molecule has 1 aromatic heterocycles. The van der Waals surface area contributed by atoms with Crippen LogP contribution in [0.25, 0.3) is 0 Å². The van der Waals surface area contributed by atoms with Crippen LogP contribution < -0.4 is 4.90 Å². The number of amides is 1. The summed E-state index contributed by atoms with van der Waals surface area (Å²) < 4.78 is 37.6. The fraction of sp³-hybridized carbons (Fsp3) is 0.333. The molecule has 2 heterocycles. The number of carbonyl (C=O) groups is 1. The molecule has 0 aliphatic carbocycles. The molecular formula is C12H11F3N2O. The SMILES string of the molecule is C=CC1CC(=O)N(c2cncc(C(F)(F)F)c2)C1. The molecule has 18 heavy (non-hydrogen) atoms. The summed E-state index contributed by atoms with van der Waals surface area (Å²) in [5.74, 6) is -0.229. The molecule has 1 saturated heterocycles. The van der Waals surface area contributed by atoms with Gasteiger partial charge >= 0.3 is 6.18 Å². The van der Waals surface area contributed by atoms with Gasteiger partial charge in [-0.3, -0.25) is 9.78 Å². The molecule has 0 N–H and O–H groups in total. The third-order valence-corrected chi connectivity index (χ3v) is 2.85. The molecule has 0 spiro atoms. The van der Waals surface area contributed by atoms with E-state index < -0.39 is 11.7 Å². The van der Waals surface area contributed by atoms with Gasteiger partial charge in [0.25, 0.3) is 0 Å². The molecule has 1 amide bonds. The predicted molar refractivity (Wildman–Crippen MR) is 59.9 cm³/mol. The molecule has 2 rings (SSSR count). The van der Waals surface area contributed by atoms with E-state index in [9.17, 15) is 18.0 Å². The monoisotopic (exact) mass is 256 g/mol. The van der Waals surface area contributed by atoms with Crippen molar-refractivity contribution in [3.63, 3.8) is 0 Å². The van der Waals surface area contributed by atoms with Gasteiger partial charge in [0.2, 0.25) is 5.91 Å². The lowest BCUT2D eigenvalue weighted by Crippen LogP contribution is -2.25. The zero-order valence-corrected chi connectivity index (χ0v) is 9.44. The fourth-order valence-electron chi connectivity index (χ4n) is 1.87. The summed E-state index contributed by atoms with van der Waals surface area (Å²) in [5, 5.41) is 0. The van der Waals surface area contributed by atoms with Crippen molar-refractivity contribution in [2.45, 2.75) is 12.6 Å². The summed E-state index contributed by atoms with van der Waals surface area (Å²) in [6, 6.07) is 0.941. The van der Waals surface area contributed by atoms with E-state index in [1.54, 1.807) is 6.08 Å². The van der Waals surface area contributed by atoms with E-state index in [0.29, 0.717) is 6.54 Å². The Bertz CT molecular complexity index is 484. The third-order valence-electron chi connectivity index (χ3n) is 2.85. The number of aromatic nitrogens is 1. The maximum atomic E-state index is 12.5. The number of nitrogens with zero attached hydrogens (tertiary/aromatic N) is 2. The minimum atomic E-state index is -4.45. The Morgan fingerprint density at radius 1 is 1.44 bits per heavy atom. The molecule has 96 valence electrons.